The first-order valence-electron chi connectivity index (χ1n) is 4.27. The minimum atomic E-state index is -0.705. The molecule has 15 heavy (non-hydrogen) atoms. The van der Waals surface area contributed by atoms with E-state index in [1.807, 2.05) is 0 Å². The number of hydrogen-bond donors (Lipinski definition) is 1. The molecule has 1 N–H and O–H groups in total. The van der Waals surface area contributed by atoms with Gasteiger partial charge >= 0.3 is 5.97 Å². The molecule has 0 heterocycles. The second-order valence-corrected chi connectivity index (χ2v) is 3.84. The number of phenolic OH excluding ortho intramolecular Hbond substituents is 1. The molecule has 0 saturated heterocycles. The zero-order valence-electron chi connectivity index (χ0n) is 8.36. The van der Waals surface area contributed by atoms with Crippen LogP contribution in [0.1, 0.15) is 6.92 Å². The van der Waals surface area contributed by atoms with Crippen molar-refractivity contribution in [1.29, 1.82) is 0 Å². The number of carbonyl (C=O) groups excluding carboxylic acids is 1. The lowest BCUT2D eigenvalue weighted by molar-refractivity contribution is -0.147. The predicted octanol–water partition coefficient (Wildman–Crippen LogP) is 2.09. The molecular weight excluding hydrogens is 264 g/mol. The van der Waals surface area contributed by atoms with Gasteiger partial charge in [0.15, 0.2) is 6.10 Å². The summed E-state index contributed by atoms with van der Waals surface area (Å²) >= 11 is 3.20. The Labute approximate surface area is 95.9 Å². The normalized spacial score (nSPS) is 11.9. The molecule has 0 fully saturated rings. The molecule has 1 aromatic carbocycles. The summed E-state index contributed by atoms with van der Waals surface area (Å²) in [5.74, 6) is 0.00526. The highest BCUT2D eigenvalue weighted by Gasteiger charge is 2.15. The molecule has 0 aliphatic rings. The third-order valence-electron chi connectivity index (χ3n) is 1.70. The van der Waals surface area contributed by atoms with E-state index < -0.39 is 12.1 Å². The van der Waals surface area contributed by atoms with Crippen LogP contribution in [-0.2, 0) is 9.53 Å². The summed E-state index contributed by atoms with van der Waals surface area (Å²) in [7, 11) is 1.29. The molecule has 1 rings (SSSR count). The van der Waals surface area contributed by atoms with Crippen LogP contribution in [0.15, 0.2) is 22.7 Å². The average Bonchev–Trinajstić information content (AvgIpc) is 2.14. The van der Waals surface area contributed by atoms with E-state index in [0.717, 1.165) is 0 Å². The zero-order chi connectivity index (χ0) is 11.4. The van der Waals surface area contributed by atoms with Crippen molar-refractivity contribution in [2.45, 2.75) is 13.0 Å². The quantitative estimate of drug-likeness (QED) is 0.858. The van der Waals surface area contributed by atoms with Gasteiger partial charge in [0.25, 0.3) is 0 Å². The predicted molar refractivity (Wildman–Crippen MR) is 57.9 cm³/mol. The Kier molecular flexibility index (Phi) is 3.96. The topological polar surface area (TPSA) is 55.8 Å². The number of methoxy groups -OCH3 is 1. The first-order valence-corrected chi connectivity index (χ1v) is 5.06. The summed E-state index contributed by atoms with van der Waals surface area (Å²) in [6, 6.07) is 4.60. The van der Waals surface area contributed by atoms with Crippen LogP contribution >= 0.6 is 15.9 Å². The maximum atomic E-state index is 11.1. The van der Waals surface area contributed by atoms with Crippen LogP contribution in [0.5, 0.6) is 11.5 Å². The van der Waals surface area contributed by atoms with Crippen molar-refractivity contribution in [3.8, 4) is 11.5 Å². The van der Waals surface area contributed by atoms with Crippen LogP contribution in [-0.4, -0.2) is 24.3 Å². The van der Waals surface area contributed by atoms with E-state index in [4.69, 9.17) is 4.74 Å². The third-order valence-corrected chi connectivity index (χ3v) is 2.16. The number of ether oxygens (including phenoxy) is 2. The number of esters is 1. The van der Waals surface area contributed by atoms with Crippen LogP contribution in [0.4, 0.5) is 0 Å². The lowest BCUT2D eigenvalue weighted by atomic mass is 10.3. The molecule has 0 saturated carbocycles. The van der Waals surface area contributed by atoms with Crippen molar-refractivity contribution in [2.75, 3.05) is 7.11 Å². The zero-order valence-corrected chi connectivity index (χ0v) is 9.95. The Morgan fingerprint density at radius 1 is 1.47 bits per heavy atom. The van der Waals surface area contributed by atoms with E-state index in [1.54, 1.807) is 13.0 Å². The number of aromatic hydroxyl groups is 1. The lowest BCUT2D eigenvalue weighted by Gasteiger charge is -2.12. The fourth-order valence-corrected chi connectivity index (χ4v) is 1.49. The summed E-state index contributed by atoms with van der Waals surface area (Å²) in [6.07, 6.45) is -0.705. The SMILES string of the molecule is COC(=O)[C@@H](C)Oc1cc(O)cc(Br)c1. The number of rotatable bonds is 3. The van der Waals surface area contributed by atoms with Gasteiger partial charge in [-0.15, -0.1) is 0 Å². The minimum absolute atomic E-state index is 0.0661. The number of benzene rings is 1. The Bertz CT molecular complexity index is 344. The third kappa shape index (κ3) is 3.43. The summed E-state index contributed by atoms with van der Waals surface area (Å²) in [4.78, 5) is 11.1. The molecule has 1 aromatic rings. The molecule has 5 heteroatoms. The molecule has 0 spiro atoms. The van der Waals surface area contributed by atoms with Crippen molar-refractivity contribution in [3.63, 3.8) is 0 Å². The molecule has 0 bridgehead atoms. The van der Waals surface area contributed by atoms with Gasteiger partial charge in [0.05, 0.1) is 7.11 Å². The number of halogens is 1. The van der Waals surface area contributed by atoms with Crippen molar-refractivity contribution in [2.24, 2.45) is 0 Å². The van der Waals surface area contributed by atoms with E-state index in [1.165, 1.54) is 19.2 Å². The number of hydrogen-bond acceptors (Lipinski definition) is 4. The number of phenols is 1. The molecule has 82 valence electrons. The molecule has 0 amide bonds. The second kappa shape index (κ2) is 5.02. The van der Waals surface area contributed by atoms with Gasteiger partial charge in [-0.1, -0.05) is 15.9 Å². The Balaban J connectivity index is 2.76. The van der Waals surface area contributed by atoms with Gasteiger partial charge in [0.2, 0.25) is 0 Å². The van der Waals surface area contributed by atoms with Gasteiger partial charge in [-0.25, -0.2) is 4.79 Å². The van der Waals surface area contributed by atoms with E-state index >= 15 is 0 Å². The van der Waals surface area contributed by atoms with E-state index in [9.17, 15) is 9.90 Å². The van der Waals surface area contributed by atoms with Gasteiger partial charge in [-0.3, -0.25) is 0 Å². The van der Waals surface area contributed by atoms with Crippen molar-refractivity contribution >= 4 is 21.9 Å². The summed E-state index contributed by atoms with van der Waals surface area (Å²) in [5, 5.41) is 9.28. The maximum Gasteiger partial charge on any atom is 0.346 e. The van der Waals surface area contributed by atoms with Crippen LogP contribution in [0.25, 0.3) is 0 Å². The fraction of sp³-hybridized carbons (Fsp3) is 0.300. The summed E-state index contributed by atoms with van der Waals surface area (Å²) < 4.78 is 10.4. The first-order chi connectivity index (χ1) is 7.02. The molecule has 0 unspecified atom stereocenters. The highest BCUT2D eigenvalue weighted by atomic mass is 79.9. The molecule has 0 aliphatic heterocycles. The summed E-state index contributed by atoms with van der Waals surface area (Å²) in [5.41, 5.74) is 0. The molecule has 0 aromatic heterocycles. The Morgan fingerprint density at radius 2 is 2.13 bits per heavy atom. The monoisotopic (exact) mass is 274 g/mol. The van der Waals surface area contributed by atoms with Crippen LogP contribution in [0.2, 0.25) is 0 Å². The summed E-state index contributed by atoms with van der Waals surface area (Å²) in [6.45, 7) is 1.57. The largest absolute Gasteiger partial charge is 0.508 e. The van der Waals surface area contributed by atoms with Crippen LogP contribution in [0, 0.1) is 0 Å². The highest BCUT2D eigenvalue weighted by Crippen LogP contribution is 2.26. The van der Waals surface area contributed by atoms with Gasteiger partial charge in [0, 0.05) is 10.5 Å². The fourth-order valence-electron chi connectivity index (χ4n) is 1.03. The van der Waals surface area contributed by atoms with Gasteiger partial charge in [-0.05, 0) is 19.1 Å². The van der Waals surface area contributed by atoms with Gasteiger partial charge in [0.1, 0.15) is 11.5 Å². The van der Waals surface area contributed by atoms with E-state index in [0.29, 0.717) is 10.2 Å². The van der Waals surface area contributed by atoms with Crippen LogP contribution in [0.3, 0.4) is 0 Å². The highest BCUT2D eigenvalue weighted by molar-refractivity contribution is 9.10. The molecule has 0 radical (unpaired) electrons. The van der Waals surface area contributed by atoms with Gasteiger partial charge in [-0.2, -0.15) is 0 Å². The van der Waals surface area contributed by atoms with Crippen LogP contribution < -0.4 is 4.74 Å². The van der Waals surface area contributed by atoms with Crippen molar-refractivity contribution in [3.05, 3.63) is 22.7 Å². The maximum absolute atomic E-state index is 11.1. The molecule has 1 atom stereocenters. The molecular formula is C10H11BrO4. The molecule has 0 aliphatic carbocycles. The number of carbonyl (C=O) groups is 1. The second-order valence-electron chi connectivity index (χ2n) is 2.93. The Morgan fingerprint density at radius 3 is 2.67 bits per heavy atom. The Hall–Kier alpha value is -1.23. The minimum Gasteiger partial charge on any atom is -0.508 e. The average molecular weight is 275 g/mol. The molecule has 4 nitrogen and oxygen atoms in total. The van der Waals surface area contributed by atoms with Gasteiger partial charge < -0.3 is 14.6 Å². The lowest BCUT2D eigenvalue weighted by Crippen LogP contribution is -2.24. The smallest absolute Gasteiger partial charge is 0.346 e. The van der Waals surface area contributed by atoms with E-state index in [2.05, 4.69) is 20.7 Å². The van der Waals surface area contributed by atoms with E-state index in [-0.39, 0.29) is 5.75 Å². The van der Waals surface area contributed by atoms with Crippen molar-refractivity contribution < 1.29 is 19.4 Å². The standard InChI is InChI=1S/C10H11BrO4/c1-6(10(13)14-2)15-9-4-7(11)3-8(12)5-9/h3-6,12H,1-2H3/t6-/m1/s1. The van der Waals surface area contributed by atoms with Crippen molar-refractivity contribution in [1.82, 2.24) is 0 Å². The first kappa shape index (κ1) is 11.8.